The van der Waals surface area contributed by atoms with E-state index in [1.54, 1.807) is 38.2 Å². The third-order valence-corrected chi connectivity index (χ3v) is 3.72. The van der Waals surface area contributed by atoms with Crippen LogP contribution in [0, 0.1) is 6.92 Å². The minimum absolute atomic E-state index is 0.145. The van der Waals surface area contributed by atoms with Crippen molar-refractivity contribution in [1.82, 2.24) is 15.1 Å². The Balaban J connectivity index is 1.92. The number of hydrogen-bond acceptors (Lipinski definition) is 5. The number of amides is 1. The molecule has 0 saturated carbocycles. The van der Waals surface area contributed by atoms with Gasteiger partial charge in [0.25, 0.3) is 5.91 Å². The monoisotopic (exact) mass is 377 g/mol. The van der Waals surface area contributed by atoms with Crippen LogP contribution in [0.1, 0.15) is 29.9 Å². The maximum Gasteiger partial charge on any atom is 0.332 e. The topological polar surface area (TPSA) is 82.5 Å². The van der Waals surface area contributed by atoms with Gasteiger partial charge in [-0.3, -0.25) is 4.79 Å². The number of carbonyl (C=O) groups is 2. The Labute approximate surface area is 156 Å². The summed E-state index contributed by atoms with van der Waals surface area (Å²) < 4.78 is 11.9. The molecule has 0 fully saturated rings. The van der Waals surface area contributed by atoms with Crippen LogP contribution in [0.5, 0.6) is 5.75 Å². The molecule has 1 N–H and O–H groups in total. The fourth-order valence-corrected chi connectivity index (χ4v) is 2.16. The Hall–Kier alpha value is -2.80. The Morgan fingerprint density at radius 2 is 2.12 bits per heavy atom. The summed E-state index contributed by atoms with van der Waals surface area (Å²) in [5.41, 5.74) is 1.49. The number of aryl methyl sites for hydroxylation is 1. The van der Waals surface area contributed by atoms with E-state index < -0.39 is 11.9 Å². The quantitative estimate of drug-likeness (QED) is 0.592. The molecule has 7 nitrogen and oxygen atoms in total. The third kappa shape index (κ3) is 5.63. The lowest BCUT2D eigenvalue weighted by molar-refractivity contribution is -0.137. The van der Waals surface area contributed by atoms with Crippen LogP contribution in [0.4, 0.5) is 0 Å². The molecule has 0 unspecified atom stereocenters. The van der Waals surface area contributed by atoms with Crippen molar-refractivity contribution in [3.8, 4) is 5.75 Å². The molecule has 0 spiro atoms. The molecule has 1 amide bonds. The van der Waals surface area contributed by atoms with Gasteiger partial charge in [-0.15, -0.1) is 0 Å². The molecule has 0 aliphatic rings. The molecule has 1 heterocycles. The van der Waals surface area contributed by atoms with Gasteiger partial charge in [-0.1, -0.05) is 11.6 Å². The van der Waals surface area contributed by atoms with Crippen molar-refractivity contribution in [2.24, 2.45) is 0 Å². The van der Waals surface area contributed by atoms with E-state index in [1.165, 1.54) is 10.8 Å². The average Bonchev–Trinajstić information content (AvgIpc) is 3.05. The van der Waals surface area contributed by atoms with Crippen LogP contribution >= 0.6 is 11.6 Å². The van der Waals surface area contributed by atoms with E-state index >= 15 is 0 Å². The highest BCUT2D eigenvalue weighted by Crippen LogP contribution is 2.21. The zero-order valence-corrected chi connectivity index (χ0v) is 15.5. The van der Waals surface area contributed by atoms with Crippen molar-refractivity contribution in [3.63, 3.8) is 0 Å². The van der Waals surface area contributed by atoms with Crippen LogP contribution in [0.15, 0.2) is 42.2 Å². The summed E-state index contributed by atoms with van der Waals surface area (Å²) in [6, 6.07) is 6.90. The largest absolute Gasteiger partial charge is 0.471 e. The van der Waals surface area contributed by atoms with Gasteiger partial charge in [0, 0.05) is 23.0 Å². The number of nitrogens with one attached hydrogen (secondary N) is 1. The highest BCUT2D eigenvalue weighted by atomic mass is 35.5. The second kappa shape index (κ2) is 9.05. The van der Waals surface area contributed by atoms with Crippen LogP contribution in [0.3, 0.4) is 0 Å². The molecule has 0 radical (unpaired) electrons. The van der Waals surface area contributed by atoms with E-state index in [2.05, 4.69) is 10.4 Å². The summed E-state index contributed by atoms with van der Waals surface area (Å²) in [4.78, 5) is 23.5. The number of benzene rings is 1. The Morgan fingerprint density at radius 3 is 2.81 bits per heavy atom. The standard InChI is InChI=1S/C18H20ClN3O4/c1-4-25-17(23)10-13(3)20-18(24)16-7-8-22(21-16)11-26-14-5-6-15(19)12(2)9-14/h5-10H,4,11H2,1-3H3,(H,20,24)/b13-10+. The predicted octanol–water partition coefficient (Wildman–Crippen LogP) is 3.08. The maximum atomic E-state index is 12.1. The van der Waals surface area contributed by atoms with E-state index in [0.29, 0.717) is 16.5 Å². The van der Waals surface area contributed by atoms with Crippen LogP contribution in [0.25, 0.3) is 0 Å². The molecule has 0 saturated heterocycles. The van der Waals surface area contributed by atoms with E-state index in [1.807, 2.05) is 13.0 Å². The number of carbonyl (C=O) groups excluding carboxylic acids is 2. The summed E-state index contributed by atoms with van der Waals surface area (Å²) in [5, 5.41) is 7.39. The molecule has 0 aliphatic carbocycles. The third-order valence-electron chi connectivity index (χ3n) is 3.30. The molecule has 1 aromatic heterocycles. The normalized spacial score (nSPS) is 11.2. The first-order valence-electron chi connectivity index (χ1n) is 7.98. The van der Waals surface area contributed by atoms with E-state index in [0.717, 1.165) is 5.56 Å². The molecule has 26 heavy (non-hydrogen) atoms. The summed E-state index contributed by atoms with van der Waals surface area (Å²) in [5.74, 6) is -0.284. The SMILES string of the molecule is CCOC(=O)/C=C(\C)NC(=O)c1ccn(COc2ccc(Cl)c(C)c2)n1. The number of ether oxygens (including phenoxy) is 2. The second-order valence-electron chi connectivity index (χ2n) is 5.46. The maximum absolute atomic E-state index is 12.1. The van der Waals surface area contributed by atoms with E-state index in [4.69, 9.17) is 21.1 Å². The first-order chi connectivity index (χ1) is 12.4. The molecular formula is C18H20ClN3O4. The smallest absolute Gasteiger partial charge is 0.332 e. The zero-order valence-electron chi connectivity index (χ0n) is 14.8. The minimum atomic E-state index is -0.512. The summed E-state index contributed by atoms with van der Waals surface area (Å²) in [6.45, 7) is 5.61. The van der Waals surface area contributed by atoms with Gasteiger partial charge < -0.3 is 14.8 Å². The molecular weight excluding hydrogens is 358 g/mol. The Bertz CT molecular complexity index is 830. The number of rotatable bonds is 7. The lowest BCUT2D eigenvalue weighted by atomic mass is 10.2. The molecule has 0 bridgehead atoms. The summed E-state index contributed by atoms with van der Waals surface area (Å²) >= 11 is 5.98. The highest BCUT2D eigenvalue weighted by molar-refractivity contribution is 6.31. The number of aromatic nitrogens is 2. The minimum Gasteiger partial charge on any atom is -0.471 e. The Morgan fingerprint density at radius 1 is 1.35 bits per heavy atom. The second-order valence-corrected chi connectivity index (χ2v) is 5.87. The number of allylic oxidation sites excluding steroid dienone is 1. The van der Waals surface area contributed by atoms with Gasteiger partial charge in [0.15, 0.2) is 12.4 Å². The Kier molecular flexibility index (Phi) is 6.80. The highest BCUT2D eigenvalue weighted by Gasteiger charge is 2.11. The fraction of sp³-hybridized carbons (Fsp3) is 0.278. The molecule has 8 heteroatoms. The van der Waals surface area contributed by atoms with Crippen molar-refractivity contribution < 1.29 is 19.1 Å². The molecule has 0 aliphatic heterocycles. The first-order valence-corrected chi connectivity index (χ1v) is 8.35. The van der Waals surface area contributed by atoms with Gasteiger partial charge in [-0.25, -0.2) is 9.48 Å². The van der Waals surface area contributed by atoms with Gasteiger partial charge in [0.1, 0.15) is 5.75 Å². The van der Waals surface area contributed by atoms with Crippen LogP contribution < -0.4 is 10.1 Å². The number of nitrogens with zero attached hydrogens (tertiary/aromatic N) is 2. The van der Waals surface area contributed by atoms with Gasteiger partial charge >= 0.3 is 5.97 Å². The predicted molar refractivity (Wildman–Crippen MR) is 96.9 cm³/mol. The first kappa shape index (κ1) is 19.5. The number of halogens is 1. The lowest BCUT2D eigenvalue weighted by Gasteiger charge is -2.07. The summed E-state index contributed by atoms with van der Waals surface area (Å²) in [6.07, 6.45) is 2.84. The summed E-state index contributed by atoms with van der Waals surface area (Å²) in [7, 11) is 0. The number of hydrogen-bond donors (Lipinski definition) is 1. The van der Waals surface area contributed by atoms with Gasteiger partial charge in [-0.2, -0.15) is 5.10 Å². The number of esters is 1. The van der Waals surface area contributed by atoms with Crippen molar-refractivity contribution in [2.75, 3.05) is 6.61 Å². The van der Waals surface area contributed by atoms with Gasteiger partial charge in [0.2, 0.25) is 0 Å². The molecule has 1 aromatic carbocycles. The average molecular weight is 378 g/mol. The van der Waals surface area contributed by atoms with Crippen molar-refractivity contribution in [2.45, 2.75) is 27.5 Å². The molecule has 2 rings (SSSR count). The van der Waals surface area contributed by atoms with Crippen LogP contribution in [-0.2, 0) is 16.3 Å². The molecule has 2 aromatic rings. The van der Waals surface area contributed by atoms with Crippen molar-refractivity contribution >= 4 is 23.5 Å². The van der Waals surface area contributed by atoms with Crippen LogP contribution in [-0.4, -0.2) is 28.3 Å². The van der Waals surface area contributed by atoms with Gasteiger partial charge in [-0.05, 0) is 50.6 Å². The zero-order chi connectivity index (χ0) is 19.1. The van der Waals surface area contributed by atoms with Gasteiger partial charge in [0.05, 0.1) is 6.61 Å². The van der Waals surface area contributed by atoms with E-state index in [-0.39, 0.29) is 19.0 Å². The van der Waals surface area contributed by atoms with Crippen molar-refractivity contribution in [3.05, 3.63) is 58.5 Å². The molecule has 138 valence electrons. The molecule has 0 atom stereocenters. The lowest BCUT2D eigenvalue weighted by Crippen LogP contribution is -2.23. The van der Waals surface area contributed by atoms with Crippen molar-refractivity contribution in [1.29, 1.82) is 0 Å². The fourth-order valence-electron chi connectivity index (χ4n) is 2.04. The van der Waals surface area contributed by atoms with Crippen LogP contribution in [0.2, 0.25) is 5.02 Å². The van der Waals surface area contributed by atoms with E-state index in [9.17, 15) is 9.59 Å².